The van der Waals surface area contributed by atoms with Crippen LogP contribution in [0.5, 0.6) is 0 Å². The highest BCUT2D eigenvalue weighted by molar-refractivity contribution is 8.02. The van der Waals surface area contributed by atoms with E-state index in [-0.39, 0.29) is 9.79 Å². The van der Waals surface area contributed by atoms with E-state index >= 15 is 0 Å². The number of halogens is 1. The van der Waals surface area contributed by atoms with Crippen LogP contribution in [0.25, 0.3) is 0 Å². The average Bonchev–Trinajstić information content (AvgIpc) is 2.15. The van der Waals surface area contributed by atoms with Gasteiger partial charge in [-0.1, -0.05) is 23.7 Å². The van der Waals surface area contributed by atoms with Gasteiger partial charge >= 0.3 is 0 Å². The van der Waals surface area contributed by atoms with Gasteiger partial charge in [0.1, 0.15) is 4.36 Å². The minimum atomic E-state index is -3.84. The molecule has 0 atom stereocenters. The van der Waals surface area contributed by atoms with E-state index in [1.807, 2.05) is 0 Å². The Kier molecular flexibility index (Phi) is 2.18. The van der Waals surface area contributed by atoms with E-state index in [4.69, 9.17) is 11.6 Å². The summed E-state index contributed by atoms with van der Waals surface area (Å²) < 4.78 is 45.7. The number of rotatable bonds is 0. The lowest BCUT2D eigenvalue weighted by Crippen LogP contribution is -2.14. The number of sulfone groups is 2. The molecule has 0 unspecified atom stereocenters. The summed E-state index contributed by atoms with van der Waals surface area (Å²) in [6.45, 7) is 0. The Bertz CT molecular complexity index is 656. The normalized spacial score (nSPS) is 21.5. The van der Waals surface area contributed by atoms with Gasteiger partial charge in [0.05, 0.1) is 15.2 Å². The Hall–Kier alpha value is -0.850. The molecule has 7 heteroatoms. The molecule has 0 radical (unpaired) electrons. The van der Waals surface area contributed by atoms with Crippen LogP contribution in [0.4, 0.5) is 0 Å². The van der Waals surface area contributed by atoms with Crippen molar-refractivity contribution in [3.63, 3.8) is 0 Å². The van der Waals surface area contributed by atoms with Crippen LogP contribution >= 0.6 is 11.6 Å². The van der Waals surface area contributed by atoms with E-state index in [0.29, 0.717) is 5.41 Å². The Balaban J connectivity index is 2.99. The minimum Gasteiger partial charge on any atom is -0.219 e. The van der Waals surface area contributed by atoms with E-state index < -0.39 is 24.0 Å². The molecule has 1 aromatic rings. The van der Waals surface area contributed by atoms with Gasteiger partial charge in [-0.25, -0.2) is 16.8 Å². The lowest BCUT2D eigenvalue weighted by atomic mass is 10.4. The molecule has 80 valence electrons. The predicted octanol–water partition coefficient (Wildman–Crippen LogP) is 1.29. The lowest BCUT2D eigenvalue weighted by Gasteiger charge is -2.13. The highest BCUT2D eigenvalue weighted by atomic mass is 35.5. The molecular weight excluding hydrogens is 260 g/mol. The summed E-state index contributed by atoms with van der Waals surface area (Å²) in [5.41, 5.74) is 0. The smallest absolute Gasteiger partial charge is 0.219 e. The molecule has 1 aromatic carbocycles. The largest absolute Gasteiger partial charge is 0.219 e. The Morgan fingerprint density at radius 1 is 0.933 bits per heavy atom. The summed E-state index contributed by atoms with van der Waals surface area (Å²) in [6.07, 6.45) is 0. The molecule has 0 amide bonds. The SMILES string of the molecule is O=S1(=O)C=C(Cl)S(=O)(=O)c2ccccc21. The second-order valence-electron chi connectivity index (χ2n) is 2.92. The van der Waals surface area contributed by atoms with Gasteiger partial charge in [0, 0.05) is 0 Å². The summed E-state index contributed by atoms with van der Waals surface area (Å²) in [6, 6.07) is 5.36. The molecule has 0 spiro atoms. The molecule has 1 aliphatic heterocycles. The third-order valence-corrected chi connectivity index (χ3v) is 6.16. The van der Waals surface area contributed by atoms with Crippen LogP contribution in [-0.4, -0.2) is 16.8 Å². The van der Waals surface area contributed by atoms with Crippen LogP contribution in [0, 0.1) is 0 Å². The standard InChI is InChI=1S/C8H5ClO4S2/c9-8-5-14(10,11)6-3-1-2-4-7(6)15(8,12)13/h1-5H. The summed E-state index contributed by atoms with van der Waals surface area (Å²) in [5, 5.41) is 0.562. The van der Waals surface area contributed by atoms with Gasteiger partial charge in [0.25, 0.3) is 0 Å². The number of hydrogen-bond acceptors (Lipinski definition) is 4. The van der Waals surface area contributed by atoms with E-state index in [2.05, 4.69) is 0 Å². The molecule has 0 aromatic heterocycles. The quantitative estimate of drug-likeness (QED) is 0.708. The van der Waals surface area contributed by atoms with Crippen molar-refractivity contribution >= 4 is 31.3 Å². The minimum absolute atomic E-state index is 0.227. The highest BCUT2D eigenvalue weighted by Crippen LogP contribution is 2.34. The molecule has 0 bridgehead atoms. The maximum atomic E-state index is 11.6. The predicted molar refractivity (Wildman–Crippen MR) is 54.7 cm³/mol. The summed E-state index contributed by atoms with van der Waals surface area (Å²) >= 11 is 5.41. The van der Waals surface area contributed by atoms with Crippen LogP contribution < -0.4 is 0 Å². The molecule has 15 heavy (non-hydrogen) atoms. The van der Waals surface area contributed by atoms with E-state index in [9.17, 15) is 16.8 Å². The molecule has 1 aliphatic rings. The van der Waals surface area contributed by atoms with Crippen molar-refractivity contribution in [2.24, 2.45) is 0 Å². The zero-order valence-corrected chi connectivity index (χ0v) is 9.60. The van der Waals surface area contributed by atoms with Crippen molar-refractivity contribution in [1.29, 1.82) is 0 Å². The fraction of sp³-hybridized carbons (Fsp3) is 0. The average molecular weight is 265 g/mol. The molecule has 4 nitrogen and oxygen atoms in total. The maximum absolute atomic E-state index is 11.6. The van der Waals surface area contributed by atoms with Gasteiger partial charge in [0.2, 0.25) is 19.7 Å². The highest BCUT2D eigenvalue weighted by Gasteiger charge is 2.33. The first-order chi connectivity index (χ1) is 6.86. The zero-order chi connectivity index (χ0) is 11.3. The number of benzene rings is 1. The Morgan fingerprint density at radius 3 is 2.07 bits per heavy atom. The van der Waals surface area contributed by atoms with Gasteiger partial charge in [-0.05, 0) is 12.1 Å². The first kappa shape index (κ1) is 10.7. The summed E-state index contributed by atoms with van der Waals surface area (Å²) in [7, 11) is -7.58. The van der Waals surface area contributed by atoms with Gasteiger partial charge in [-0.3, -0.25) is 0 Å². The third-order valence-electron chi connectivity index (χ3n) is 1.95. The van der Waals surface area contributed by atoms with Crippen LogP contribution in [0.2, 0.25) is 0 Å². The summed E-state index contributed by atoms with van der Waals surface area (Å²) in [5.74, 6) is 0. The maximum Gasteiger partial charge on any atom is 0.219 e. The van der Waals surface area contributed by atoms with Gasteiger partial charge in [0.15, 0.2) is 0 Å². The molecule has 0 N–H and O–H groups in total. The summed E-state index contributed by atoms with van der Waals surface area (Å²) in [4.78, 5) is -0.494. The van der Waals surface area contributed by atoms with Crippen molar-refractivity contribution in [2.45, 2.75) is 9.79 Å². The molecular formula is C8H5ClO4S2. The number of hydrogen-bond donors (Lipinski definition) is 0. The Labute approximate surface area is 92.0 Å². The van der Waals surface area contributed by atoms with Crippen molar-refractivity contribution in [3.8, 4) is 0 Å². The third kappa shape index (κ3) is 1.49. The topological polar surface area (TPSA) is 68.3 Å². The van der Waals surface area contributed by atoms with Crippen molar-refractivity contribution < 1.29 is 16.8 Å². The van der Waals surface area contributed by atoms with Crippen LogP contribution in [0.3, 0.4) is 0 Å². The van der Waals surface area contributed by atoms with Crippen LogP contribution in [-0.2, 0) is 19.7 Å². The molecule has 0 aliphatic carbocycles. The molecule has 0 saturated heterocycles. The van der Waals surface area contributed by atoms with Crippen molar-refractivity contribution in [3.05, 3.63) is 34.0 Å². The van der Waals surface area contributed by atoms with E-state index in [1.165, 1.54) is 24.3 Å². The molecule has 1 heterocycles. The van der Waals surface area contributed by atoms with Gasteiger partial charge in [-0.2, -0.15) is 0 Å². The first-order valence-electron chi connectivity index (χ1n) is 3.82. The van der Waals surface area contributed by atoms with E-state index in [1.54, 1.807) is 0 Å². The molecule has 2 rings (SSSR count). The molecule has 0 saturated carbocycles. The monoisotopic (exact) mass is 264 g/mol. The second-order valence-corrected chi connectivity index (χ2v) is 7.20. The first-order valence-corrected chi connectivity index (χ1v) is 7.23. The zero-order valence-electron chi connectivity index (χ0n) is 7.21. The fourth-order valence-corrected chi connectivity index (χ4v) is 5.21. The van der Waals surface area contributed by atoms with Crippen LogP contribution in [0.15, 0.2) is 43.8 Å². The van der Waals surface area contributed by atoms with Crippen molar-refractivity contribution in [1.82, 2.24) is 0 Å². The number of fused-ring (bicyclic) bond motifs is 1. The Morgan fingerprint density at radius 2 is 1.47 bits per heavy atom. The molecule has 0 fully saturated rings. The van der Waals surface area contributed by atoms with Gasteiger partial charge in [-0.15, -0.1) is 0 Å². The van der Waals surface area contributed by atoms with E-state index in [0.717, 1.165) is 0 Å². The lowest BCUT2D eigenvalue weighted by molar-refractivity contribution is 0.588. The second kappa shape index (κ2) is 3.07. The van der Waals surface area contributed by atoms with Crippen LogP contribution in [0.1, 0.15) is 0 Å². The van der Waals surface area contributed by atoms with Crippen molar-refractivity contribution in [2.75, 3.05) is 0 Å². The van der Waals surface area contributed by atoms with Gasteiger partial charge < -0.3 is 0 Å². The fourth-order valence-electron chi connectivity index (χ4n) is 1.26.